The van der Waals surface area contributed by atoms with Gasteiger partial charge < -0.3 is 9.67 Å². The number of pyridine rings is 1. The van der Waals surface area contributed by atoms with Crippen LogP contribution in [0.15, 0.2) is 58.4 Å². The molecule has 1 aliphatic carbocycles. The Bertz CT molecular complexity index is 1300. The Balaban J connectivity index is 1.46. The van der Waals surface area contributed by atoms with Crippen molar-refractivity contribution in [1.82, 2.24) is 14.8 Å². The Morgan fingerprint density at radius 3 is 2.69 bits per heavy atom. The van der Waals surface area contributed by atoms with Crippen molar-refractivity contribution in [3.05, 3.63) is 64.7 Å². The molecule has 0 spiro atoms. The minimum absolute atomic E-state index is 0.0319. The van der Waals surface area contributed by atoms with Crippen molar-refractivity contribution >= 4 is 17.3 Å². The number of thioether (sulfide) groups is 1. The Morgan fingerprint density at radius 1 is 1.16 bits per heavy atom. The van der Waals surface area contributed by atoms with Crippen LogP contribution in [0.3, 0.4) is 0 Å². The number of halogens is 2. The van der Waals surface area contributed by atoms with Gasteiger partial charge >= 0.3 is 0 Å². The summed E-state index contributed by atoms with van der Waals surface area (Å²) < 4.78 is 29.0. The summed E-state index contributed by atoms with van der Waals surface area (Å²) in [6, 6.07) is 10.4. The maximum absolute atomic E-state index is 13.7. The highest BCUT2D eigenvalue weighted by molar-refractivity contribution is 7.99. The van der Waals surface area contributed by atoms with Crippen molar-refractivity contribution in [2.75, 3.05) is 5.75 Å². The number of aromatic hydroxyl groups is 1. The van der Waals surface area contributed by atoms with Crippen molar-refractivity contribution in [2.24, 2.45) is 13.0 Å². The molecule has 0 bridgehead atoms. The third kappa shape index (κ3) is 3.83. The highest BCUT2D eigenvalue weighted by Crippen LogP contribution is 2.48. The van der Waals surface area contributed by atoms with Crippen LogP contribution in [0.5, 0.6) is 5.75 Å². The predicted octanol–water partition coefficient (Wildman–Crippen LogP) is 5.14. The van der Waals surface area contributed by atoms with E-state index in [1.165, 1.54) is 10.6 Å². The average Bonchev–Trinajstić information content (AvgIpc) is 3.14. The van der Waals surface area contributed by atoms with Crippen LogP contribution in [0.25, 0.3) is 28.0 Å². The second kappa shape index (κ2) is 7.85. The van der Waals surface area contributed by atoms with E-state index in [0.717, 1.165) is 16.0 Å². The van der Waals surface area contributed by atoms with Crippen LogP contribution in [-0.2, 0) is 7.05 Å². The lowest BCUT2D eigenvalue weighted by molar-refractivity contribution is 0.00706. The van der Waals surface area contributed by atoms with Gasteiger partial charge in [0.1, 0.15) is 11.4 Å². The summed E-state index contributed by atoms with van der Waals surface area (Å²) in [6.45, 7) is 0. The lowest BCUT2D eigenvalue weighted by Gasteiger charge is -2.21. The third-order valence-electron chi connectivity index (χ3n) is 6.13. The van der Waals surface area contributed by atoms with Gasteiger partial charge in [-0.2, -0.15) is 0 Å². The first-order chi connectivity index (χ1) is 15.3. The van der Waals surface area contributed by atoms with Crippen LogP contribution in [0, 0.1) is 5.92 Å². The van der Waals surface area contributed by atoms with Gasteiger partial charge in [0.25, 0.3) is 5.56 Å². The summed E-state index contributed by atoms with van der Waals surface area (Å²) in [5, 5.41) is 19.3. The van der Waals surface area contributed by atoms with Gasteiger partial charge in [0.05, 0.1) is 5.69 Å². The zero-order chi connectivity index (χ0) is 22.5. The number of nitrogens with zero attached hydrogens (tertiary/aromatic N) is 3. The van der Waals surface area contributed by atoms with Gasteiger partial charge in [-0.25, -0.2) is 8.78 Å². The molecule has 2 aliphatic rings. The second-order valence-corrected chi connectivity index (χ2v) is 9.37. The molecule has 5 rings (SSSR count). The van der Waals surface area contributed by atoms with Gasteiger partial charge in [0.2, 0.25) is 5.92 Å². The van der Waals surface area contributed by atoms with Gasteiger partial charge in [-0.3, -0.25) is 4.79 Å². The molecular weight excluding hydrogens is 432 g/mol. The lowest BCUT2D eigenvalue weighted by Crippen LogP contribution is -2.14. The standard InChI is InChI=1S/C24H21F2N3O2S/c1-29-8-5-15(11-22(29)31)14-2-3-18(20(30)10-14)19-12-21-23(28-27-19)17(6-9-32-21)16-4-7-24(25,26)13-16/h2-3,5-6,8,10-12,16,30H,4,7,9,13H2,1H3/t16-/m0/s1. The molecule has 3 heterocycles. The number of aryl methyl sites for hydroxylation is 1. The molecule has 164 valence electrons. The molecule has 1 fully saturated rings. The first-order valence-electron chi connectivity index (χ1n) is 10.4. The van der Waals surface area contributed by atoms with Crippen molar-refractivity contribution in [3.8, 4) is 28.1 Å². The van der Waals surface area contributed by atoms with Crippen LogP contribution in [-0.4, -0.2) is 31.5 Å². The second-order valence-electron chi connectivity index (χ2n) is 8.31. The van der Waals surface area contributed by atoms with E-state index in [1.54, 1.807) is 37.1 Å². The van der Waals surface area contributed by atoms with E-state index in [2.05, 4.69) is 10.2 Å². The molecular formula is C24H21F2N3O2S. The van der Waals surface area contributed by atoms with E-state index < -0.39 is 5.92 Å². The molecule has 0 radical (unpaired) electrons. The molecule has 0 amide bonds. The molecule has 0 unspecified atom stereocenters. The maximum atomic E-state index is 13.7. The number of hydrogen-bond acceptors (Lipinski definition) is 5. The topological polar surface area (TPSA) is 68.0 Å². The minimum Gasteiger partial charge on any atom is -0.507 e. The van der Waals surface area contributed by atoms with Crippen molar-refractivity contribution in [1.29, 1.82) is 0 Å². The fourth-order valence-corrected chi connectivity index (χ4v) is 5.30. The molecule has 1 saturated carbocycles. The van der Waals surface area contributed by atoms with E-state index in [9.17, 15) is 18.7 Å². The van der Waals surface area contributed by atoms with Crippen LogP contribution in [0.1, 0.15) is 25.0 Å². The smallest absolute Gasteiger partial charge is 0.250 e. The molecule has 2 aromatic heterocycles. The molecule has 1 atom stereocenters. The molecule has 1 aromatic carbocycles. The van der Waals surface area contributed by atoms with Crippen LogP contribution < -0.4 is 5.56 Å². The summed E-state index contributed by atoms with van der Waals surface area (Å²) in [4.78, 5) is 12.8. The van der Waals surface area contributed by atoms with Crippen LogP contribution in [0.4, 0.5) is 8.78 Å². The highest BCUT2D eigenvalue weighted by atomic mass is 32.2. The van der Waals surface area contributed by atoms with Crippen molar-refractivity contribution in [2.45, 2.75) is 30.1 Å². The number of benzene rings is 1. The number of aromatic nitrogens is 3. The Morgan fingerprint density at radius 2 is 1.97 bits per heavy atom. The number of phenols is 1. The highest BCUT2D eigenvalue weighted by Gasteiger charge is 2.42. The van der Waals surface area contributed by atoms with Gasteiger partial charge in [-0.1, -0.05) is 12.1 Å². The Hall–Kier alpha value is -3.00. The fourth-order valence-electron chi connectivity index (χ4n) is 4.37. The van der Waals surface area contributed by atoms with Gasteiger partial charge in [0.15, 0.2) is 0 Å². The molecule has 0 saturated heterocycles. The summed E-state index contributed by atoms with van der Waals surface area (Å²) in [7, 11) is 1.68. The van der Waals surface area contributed by atoms with E-state index in [0.29, 0.717) is 34.7 Å². The zero-order valence-electron chi connectivity index (χ0n) is 17.4. The summed E-state index contributed by atoms with van der Waals surface area (Å²) in [5.41, 5.74) is 3.87. The number of rotatable bonds is 3. The molecule has 32 heavy (non-hydrogen) atoms. The van der Waals surface area contributed by atoms with Crippen molar-refractivity contribution in [3.63, 3.8) is 0 Å². The van der Waals surface area contributed by atoms with E-state index in [4.69, 9.17) is 0 Å². The normalized spacial score (nSPS) is 19.5. The first-order valence-corrected chi connectivity index (χ1v) is 11.4. The molecule has 8 heteroatoms. The zero-order valence-corrected chi connectivity index (χ0v) is 18.2. The summed E-state index contributed by atoms with van der Waals surface area (Å²) in [6.07, 6.45) is 3.90. The van der Waals surface area contributed by atoms with E-state index in [1.807, 2.05) is 24.3 Å². The van der Waals surface area contributed by atoms with Gasteiger partial charge in [0, 0.05) is 48.4 Å². The molecule has 1 N–H and O–H groups in total. The number of allylic oxidation sites excluding steroid dienone is 1. The average molecular weight is 454 g/mol. The summed E-state index contributed by atoms with van der Waals surface area (Å²) >= 11 is 1.58. The van der Waals surface area contributed by atoms with Gasteiger partial charge in [-0.15, -0.1) is 22.0 Å². The number of fused-ring (bicyclic) bond motifs is 1. The molecule has 3 aromatic rings. The lowest BCUT2D eigenvalue weighted by atomic mass is 9.93. The van der Waals surface area contributed by atoms with Crippen molar-refractivity contribution < 1.29 is 13.9 Å². The largest absolute Gasteiger partial charge is 0.507 e. The SMILES string of the molecule is Cn1ccc(-c2ccc(-c3cc4c(nn3)C([C@H]3CCC(F)(F)C3)=CCS4)c(O)c2)cc1=O. The Kier molecular flexibility index (Phi) is 5.12. The number of phenolic OH excluding ortho intramolecular Hbond substituents is 1. The quantitative estimate of drug-likeness (QED) is 0.595. The predicted molar refractivity (Wildman–Crippen MR) is 121 cm³/mol. The number of hydrogen-bond donors (Lipinski definition) is 1. The van der Waals surface area contributed by atoms with Crippen LogP contribution >= 0.6 is 11.8 Å². The fraction of sp³-hybridized carbons (Fsp3) is 0.292. The molecule has 1 aliphatic heterocycles. The van der Waals surface area contributed by atoms with Gasteiger partial charge in [-0.05, 0) is 53.3 Å². The number of alkyl halides is 2. The van der Waals surface area contributed by atoms with Crippen LogP contribution in [0.2, 0.25) is 0 Å². The summed E-state index contributed by atoms with van der Waals surface area (Å²) in [5.74, 6) is -2.08. The van der Waals surface area contributed by atoms with E-state index in [-0.39, 0.29) is 30.1 Å². The third-order valence-corrected chi connectivity index (χ3v) is 7.08. The van der Waals surface area contributed by atoms with E-state index >= 15 is 0 Å². The first kappa shape index (κ1) is 20.9. The monoisotopic (exact) mass is 453 g/mol. The molecule has 5 nitrogen and oxygen atoms in total. The minimum atomic E-state index is -2.61. The maximum Gasteiger partial charge on any atom is 0.250 e. The Labute approximate surface area is 187 Å².